The number of methoxy groups -OCH3 is 1. The lowest BCUT2D eigenvalue weighted by molar-refractivity contribution is -0.384. The van der Waals surface area contributed by atoms with E-state index in [-0.39, 0.29) is 45.3 Å². The van der Waals surface area contributed by atoms with Crippen molar-refractivity contribution in [2.45, 2.75) is 16.7 Å². The quantitative estimate of drug-likeness (QED) is 0.0501. The van der Waals surface area contributed by atoms with Gasteiger partial charge in [-0.2, -0.15) is 21.9 Å². The summed E-state index contributed by atoms with van der Waals surface area (Å²) in [6.45, 7) is 1.22. The molecule has 1 amide bonds. The molecule has 4 rings (SSSR count). The molecule has 0 aromatic heterocycles. The molecular weight excluding hydrogens is 638 g/mol. The molecule has 0 unspecified atom stereocenters. The number of ether oxygens (including phenoxy) is 1. The number of non-ortho nitro benzene ring substituents is 1. The van der Waals surface area contributed by atoms with Crippen molar-refractivity contribution in [3.05, 3.63) is 64.7 Å². The SMILES string of the molecule is COc1cc(N=Nc2ccc([N+](=O)[O-])cc2)c(NC(C)=O)cc1N=Nc1ccc2c(S(=O)(=O)O)cc(S(=O)(=O)O)c(N)c2c1O. The van der Waals surface area contributed by atoms with E-state index in [0.29, 0.717) is 6.07 Å². The number of azo groups is 2. The third-order valence-electron chi connectivity index (χ3n) is 5.98. The molecule has 0 radical (unpaired) electrons. The Hall–Kier alpha value is -5.57. The number of nitrogen functional groups attached to an aromatic ring is 1. The van der Waals surface area contributed by atoms with E-state index in [4.69, 9.17) is 10.5 Å². The number of nitrogens with two attached hydrogens (primary N) is 1. The molecule has 0 heterocycles. The van der Waals surface area contributed by atoms with Crippen molar-refractivity contribution < 1.29 is 45.5 Å². The number of amides is 1. The summed E-state index contributed by atoms with van der Waals surface area (Å²) in [5.41, 5.74) is 5.04. The van der Waals surface area contributed by atoms with Crippen molar-refractivity contribution in [1.82, 2.24) is 0 Å². The molecule has 6 N–H and O–H groups in total. The summed E-state index contributed by atoms with van der Waals surface area (Å²) in [6.07, 6.45) is 0. The molecule has 18 nitrogen and oxygen atoms in total. The summed E-state index contributed by atoms with van der Waals surface area (Å²) in [5, 5.41) is 39.4. The summed E-state index contributed by atoms with van der Waals surface area (Å²) in [7, 11) is -8.89. The fraction of sp³-hybridized carbons (Fsp3) is 0.0800. The second-order valence-corrected chi connectivity index (χ2v) is 11.8. The summed E-state index contributed by atoms with van der Waals surface area (Å²) < 4.78 is 72.1. The number of fused-ring (bicyclic) bond motifs is 1. The van der Waals surface area contributed by atoms with Gasteiger partial charge >= 0.3 is 0 Å². The van der Waals surface area contributed by atoms with Crippen molar-refractivity contribution in [1.29, 1.82) is 0 Å². The molecule has 45 heavy (non-hydrogen) atoms. The molecule has 0 aliphatic rings. The molecule has 0 atom stereocenters. The molecule has 0 saturated carbocycles. The third-order valence-corrected chi connectivity index (χ3v) is 7.77. The van der Waals surface area contributed by atoms with Crippen LogP contribution in [-0.2, 0) is 25.0 Å². The Morgan fingerprint density at radius 1 is 0.889 bits per heavy atom. The number of nitrogens with zero attached hydrogens (tertiary/aromatic N) is 5. The number of nitro benzene ring substituents is 1. The lowest BCUT2D eigenvalue weighted by Gasteiger charge is -2.13. The van der Waals surface area contributed by atoms with E-state index in [0.717, 1.165) is 12.1 Å². The molecule has 0 bridgehead atoms. The number of aromatic hydroxyl groups is 1. The number of hydrogen-bond donors (Lipinski definition) is 5. The number of benzene rings is 4. The van der Waals surface area contributed by atoms with E-state index in [1.54, 1.807) is 0 Å². The van der Waals surface area contributed by atoms with E-state index in [1.165, 1.54) is 50.4 Å². The highest BCUT2D eigenvalue weighted by Crippen LogP contribution is 2.45. The van der Waals surface area contributed by atoms with Crippen LogP contribution in [-0.4, -0.2) is 49.0 Å². The van der Waals surface area contributed by atoms with Crippen molar-refractivity contribution >= 4 is 76.7 Å². The summed E-state index contributed by atoms with van der Waals surface area (Å²) in [5.74, 6) is -1.30. The molecule has 0 aliphatic carbocycles. The van der Waals surface area contributed by atoms with E-state index < -0.39 is 57.7 Å². The van der Waals surface area contributed by atoms with Gasteiger partial charge in [-0.05, 0) is 30.3 Å². The number of phenols is 1. The number of carbonyl (C=O) groups excluding carboxylic acids is 1. The molecule has 4 aromatic rings. The zero-order valence-electron chi connectivity index (χ0n) is 22.9. The maximum Gasteiger partial charge on any atom is 0.296 e. The molecule has 0 saturated heterocycles. The van der Waals surface area contributed by atoms with E-state index in [2.05, 4.69) is 25.8 Å². The van der Waals surface area contributed by atoms with Crippen LogP contribution in [0.3, 0.4) is 0 Å². The summed E-state index contributed by atoms with van der Waals surface area (Å²) in [4.78, 5) is 20.1. The fourth-order valence-corrected chi connectivity index (χ4v) is 5.43. The number of rotatable bonds is 9. The minimum atomic E-state index is -5.11. The van der Waals surface area contributed by atoms with Crippen LogP contribution in [0.15, 0.2) is 84.8 Å². The fourth-order valence-electron chi connectivity index (χ4n) is 4.00. The van der Waals surface area contributed by atoms with E-state index in [9.17, 15) is 46.0 Å². The van der Waals surface area contributed by atoms with Gasteiger partial charge in [0.25, 0.3) is 25.9 Å². The maximum atomic E-state index is 11.9. The minimum Gasteiger partial charge on any atom is -0.505 e. The second kappa shape index (κ2) is 12.2. The van der Waals surface area contributed by atoms with Crippen LogP contribution in [0.1, 0.15) is 6.92 Å². The summed E-state index contributed by atoms with van der Waals surface area (Å²) >= 11 is 0. The zero-order chi connectivity index (χ0) is 33.3. The Morgan fingerprint density at radius 3 is 2.04 bits per heavy atom. The van der Waals surface area contributed by atoms with Gasteiger partial charge in [0.15, 0.2) is 5.75 Å². The number of hydrogen-bond acceptors (Lipinski definition) is 14. The third kappa shape index (κ3) is 6.99. The van der Waals surface area contributed by atoms with Gasteiger partial charge in [-0.1, -0.05) is 6.07 Å². The topological polar surface area (TPSA) is 286 Å². The highest BCUT2D eigenvalue weighted by molar-refractivity contribution is 7.87. The van der Waals surface area contributed by atoms with E-state index >= 15 is 0 Å². The molecule has 20 heteroatoms. The second-order valence-electron chi connectivity index (χ2n) is 8.99. The first-order valence-electron chi connectivity index (χ1n) is 12.1. The van der Waals surface area contributed by atoms with Gasteiger partial charge in [0.2, 0.25) is 5.91 Å². The normalized spacial score (nSPS) is 12.2. The first-order chi connectivity index (χ1) is 21.0. The minimum absolute atomic E-state index is 0.0201. The van der Waals surface area contributed by atoms with Crippen LogP contribution in [0, 0.1) is 10.1 Å². The van der Waals surface area contributed by atoms with Crippen LogP contribution in [0.4, 0.5) is 39.8 Å². The number of anilines is 2. The van der Waals surface area contributed by atoms with Crippen LogP contribution < -0.4 is 15.8 Å². The Labute approximate surface area is 253 Å². The van der Waals surface area contributed by atoms with Crippen LogP contribution in [0.2, 0.25) is 0 Å². The first-order valence-corrected chi connectivity index (χ1v) is 15.0. The van der Waals surface area contributed by atoms with Gasteiger partial charge in [-0.25, -0.2) is 0 Å². The Bertz CT molecular complexity index is 2150. The van der Waals surface area contributed by atoms with Crippen molar-refractivity contribution in [3.8, 4) is 11.5 Å². The molecule has 0 aliphatic heterocycles. The monoisotopic (exact) mass is 659 g/mol. The predicted molar refractivity (Wildman–Crippen MR) is 158 cm³/mol. The van der Waals surface area contributed by atoms with Crippen LogP contribution in [0.25, 0.3) is 10.8 Å². The van der Waals surface area contributed by atoms with Gasteiger partial charge in [-0.3, -0.25) is 24.0 Å². The maximum absolute atomic E-state index is 11.9. The van der Waals surface area contributed by atoms with Crippen molar-refractivity contribution in [2.24, 2.45) is 20.5 Å². The molecular formula is C25H21N7O11S2. The highest BCUT2D eigenvalue weighted by atomic mass is 32.2. The Kier molecular flexibility index (Phi) is 8.77. The average Bonchev–Trinajstić information content (AvgIpc) is 2.94. The largest absolute Gasteiger partial charge is 0.505 e. The Balaban J connectivity index is 1.83. The zero-order valence-corrected chi connectivity index (χ0v) is 24.6. The Morgan fingerprint density at radius 2 is 1.49 bits per heavy atom. The lowest BCUT2D eigenvalue weighted by atomic mass is 10.1. The van der Waals surface area contributed by atoms with Gasteiger partial charge in [0.1, 0.15) is 32.6 Å². The van der Waals surface area contributed by atoms with Gasteiger partial charge in [0, 0.05) is 30.5 Å². The van der Waals surface area contributed by atoms with E-state index in [1.807, 2.05) is 0 Å². The molecule has 4 aromatic carbocycles. The van der Waals surface area contributed by atoms with Crippen LogP contribution >= 0.6 is 0 Å². The molecule has 0 fully saturated rings. The van der Waals surface area contributed by atoms with Gasteiger partial charge in [-0.15, -0.1) is 15.3 Å². The van der Waals surface area contributed by atoms with Crippen molar-refractivity contribution in [2.75, 3.05) is 18.2 Å². The average molecular weight is 660 g/mol. The van der Waals surface area contributed by atoms with Crippen LogP contribution in [0.5, 0.6) is 11.5 Å². The van der Waals surface area contributed by atoms with Crippen molar-refractivity contribution in [3.63, 3.8) is 0 Å². The first kappa shape index (κ1) is 32.3. The summed E-state index contributed by atoms with van der Waals surface area (Å²) in [6, 6.07) is 10.4. The molecule has 234 valence electrons. The number of nitrogens with one attached hydrogen (secondary N) is 1. The highest BCUT2D eigenvalue weighted by Gasteiger charge is 2.26. The standard InChI is InChI=1S/C25H21N7O11S2/c1-12(33)27-17-9-19(20(43-2)10-18(17)30-28-13-3-5-14(6-4-13)32(35)36)31-29-16-8-7-15-21(44(37,38)39)11-22(45(40,41)42)24(26)23(15)25(16)34/h3-11,34H,26H2,1-2H3,(H,27,33)(H,37,38,39)(H,40,41,42). The number of phenolic OH excluding ortho intramolecular Hbond substituents is 1. The van der Waals surface area contributed by atoms with Gasteiger partial charge < -0.3 is 20.9 Å². The number of carbonyl (C=O) groups is 1. The predicted octanol–water partition coefficient (Wildman–Crippen LogP) is 5.33. The van der Waals surface area contributed by atoms with Gasteiger partial charge in [0.05, 0.1) is 34.5 Å². The smallest absolute Gasteiger partial charge is 0.296 e. The number of nitro groups is 1. The lowest BCUT2D eigenvalue weighted by Crippen LogP contribution is -2.08. The molecule has 0 spiro atoms.